The van der Waals surface area contributed by atoms with E-state index in [1.165, 1.54) is 7.11 Å². The number of unbranched alkanes of at least 4 members (excludes halogenated alkanes) is 1. The molecule has 9 nitrogen and oxygen atoms in total. The number of ether oxygens (including phenoxy) is 3. The average Bonchev–Trinajstić information content (AvgIpc) is 3.91. The van der Waals surface area contributed by atoms with Gasteiger partial charge in [-0.25, -0.2) is 13.6 Å². The highest BCUT2D eigenvalue weighted by Gasteiger charge is 2.48. The summed E-state index contributed by atoms with van der Waals surface area (Å²) in [4.78, 5) is 16.9. The molecule has 2 aliphatic carbocycles. The van der Waals surface area contributed by atoms with E-state index in [4.69, 9.17) is 36.7 Å². The fourth-order valence-corrected chi connectivity index (χ4v) is 6.55. The van der Waals surface area contributed by atoms with E-state index in [9.17, 15) is 13.2 Å². The molecule has 1 atom stereocenters. The van der Waals surface area contributed by atoms with Gasteiger partial charge < -0.3 is 19.9 Å². The van der Waals surface area contributed by atoms with Crippen LogP contribution in [0.5, 0.6) is 5.75 Å². The first-order chi connectivity index (χ1) is 20.1. The Morgan fingerprint density at radius 2 is 1.93 bits per heavy atom. The molecule has 0 amide bonds. The fourth-order valence-electron chi connectivity index (χ4n) is 5.35. The third kappa shape index (κ3) is 6.27. The summed E-state index contributed by atoms with van der Waals surface area (Å²) in [6.07, 6.45) is 9.25. The van der Waals surface area contributed by atoms with Crippen LogP contribution in [-0.2, 0) is 36.5 Å². The van der Waals surface area contributed by atoms with Gasteiger partial charge in [-0.3, -0.25) is 9.78 Å². The summed E-state index contributed by atoms with van der Waals surface area (Å²) in [6.45, 7) is 2.00. The number of benzene rings is 2. The van der Waals surface area contributed by atoms with Crippen LogP contribution in [0.2, 0.25) is 5.02 Å². The molecule has 4 N–H and O–H groups in total. The van der Waals surface area contributed by atoms with Crippen molar-refractivity contribution in [3.05, 3.63) is 70.5 Å². The number of carbonyl (C=O) groups is 1. The summed E-state index contributed by atoms with van der Waals surface area (Å²) < 4.78 is 43.1. The number of para-hydroxylation sites is 1. The molecule has 2 saturated carbocycles. The summed E-state index contributed by atoms with van der Waals surface area (Å²) in [5.41, 5.74) is 8.93. The smallest absolute Gasteiger partial charge is 0.313 e. The molecule has 1 heterocycles. The molecule has 1 aromatic heterocycles. The van der Waals surface area contributed by atoms with Gasteiger partial charge in [-0.15, -0.1) is 0 Å². The Labute approximate surface area is 251 Å². The molecule has 42 heavy (non-hydrogen) atoms. The lowest BCUT2D eigenvalue weighted by Gasteiger charge is -2.24. The number of sulfonamides is 1. The van der Waals surface area contributed by atoms with Crippen LogP contribution in [0.4, 0.5) is 5.69 Å². The SMILES string of the molecule is CCCC[C@H](C(=O)OC)c1cc(COC2(c3cnccc3-c3ccccc3OC3CC3)CC2)c(Cl)c(N)c1S(N)(=O)=O. The van der Waals surface area contributed by atoms with Crippen LogP contribution < -0.4 is 15.6 Å². The number of nitrogen functional groups attached to an aromatic ring is 1. The number of methoxy groups -OCH3 is 1. The Bertz CT molecular complexity index is 1590. The Morgan fingerprint density at radius 3 is 2.57 bits per heavy atom. The zero-order valence-corrected chi connectivity index (χ0v) is 25.3. The number of rotatable bonds is 13. The molecule has 0 spiro atoms. The highest BCUT2D eigenvalue weighted by Crippen LogP contribution is 2.53. The van der Waals surface area contributed by atoms with E-state index < -0.39 is 27.5 Å². The lowest BCUT2D eigenvalue weighted by molar-refractivity contribution is -0.142. The van der Waals surface area contributed by atoms with E-state index in [-0.39, 0.29) is 33.9 Å². The van der Waals surface area contributed by atoms with Crippen molar-refractivity contribution in [1.29, 1.82) is 0 Å². The van der Waals surface area contributed by atoms with Gasteiger partial charge in [0.1, 0.15) is 10.6 Å². The van der Waals surface area contributed by atoms with Gasteiger partial charge in [0.15, 0.2) is 0 Å². The highest BCUT2D eigenvalue weighted by atomic mass is 35.5. The molecule has 3 aromatic rings. The lowest BCUT2D eigenvalue weighted by Crippen LogP contribution is -2.23. The van der Waals surface area contributed by atoms with E-state index in [2.05, 4.69) is 4.98 Å². The Hall–Kier alpha value is -3.18. The van der Waals surface area contributed by atoms with Crippen LogP contribution >= 0.6 is 11.6 Å². The molecule has 0 radical (unpaired) electrons. The first-order valence-electron chi connectivity index (χ1n) is 14.2. The molecule has 0 unspecified atom stereocenters. The van der Waals surface area contributed by atoms with Crippen LogP contribution in [0, 0.1) is 0 Å². The molecular formula is C31H36ClN3O6S. The van der Waals surface area contributed by atoms with E-state index in [0.29, 0.717) is 18.4 Å². The second-order valence-corrected chi connectivity index (χ2v) is 12.8. The van der Waals surface area contributed by atoms with E-state index in [1.807, 2.05) is 43.5 Å². The number of esters is 1. The molecule has 2 fully saturated rings. The zero-order chi connectivity index (χ0) is 30.1. The van der Waals surface area contributed by atoms with Crippen LogP contribution in [0.15, 0.2) is 53.7 Å². The number of primary sulfonamides is 1. The summed E-state index contributed by atoms with van der Waals surface area (Å²) in [5, 5.41) is 5.59. The average molecular weight is 614 g/mol. The molecule has 2 aliphatic rings. The van der Waals surface area contributed by atoms with Crippen molar-refractivity contribution in [1.82, 2.24) is 4.98 Å². The Morgan fingerprint density at radius 1 is 1.19 bits per heavy atom. The standard InChI is InChI=1S/C31H36ClN3O6S/c1-3-4-7-23(30(36)39-2)24-16-19(27(32)28(33)29(24)42(34,37)38)18-40-31(13-14-31)25-17-35-15-12-21(25)22-8-5-6-9-26(22)41-20-10-11-20/h5-6,8-9,12,15-17,20,23H,3-4,7,10-11,13-14,18,33H2,1-2H3,(H2,34,37,38)/t23-/m0/s1. The van der Waals surface area contributed by atoms with E-state index >= 15 is 0 Å². The zero-order valence-electron chi connectivity index (χ0n) is 23.8. The minimum atomic E-state index is -4.31. The molecule has 0 aliphatic heterocycles. The number of anilines is 1. The van der Waals surface area contributed by atoms with Crippen LogP contribution in [-0.4, -0.2) is 32.6 Å². The van der Waals surface area contributed by atoms with Gasteiger partial charge in [0.2, 0.25) is 10.0 Å². The second kappa shape index (κ2) is 12.2. The number of carbonyl (C=O) groups excluding carboxylic acids is 1. The Kier molecular flexibility index (Phi) is 8.80. The van der Waals surface area contributed by atoms with Crippen molar-refractivity contribution in [2.24, 2.45) is 5.14 Å². The number of nitrogens with zero attached hydrogens (tertiary/aromatic N) is 1. The summed E-state index contributed by atoms with van der Waals surface area (Å²) in [6, 6.07) is 11.5. The van der Waals surface area contributed by atoms with Crippen molar-refractivity contribution in [2.45, 2.75) is 81.0 Å². The number of nitrogens with two attached hydrogens (primary N) is 2. The second-order valence-electron chi connectivity index (χ2n) is 11.0. The molecule has 0 bridgehead atoms. The van der Waals surface area contributed by atoms with E-state index in [0.717, 1.165) is 54.5 Å². The number of halogens is 1. The number of hydrogen-bond acceptors (Lipinski definition) is 8. The monoisotopic (exact) mass is 613 g/mol. The predicted octanol–water partition coefficient (Wildman–Crippen LogP) is 5.83. The Balaban J connectivity index is 1.50. The van der Waals surface area contributed by atoms with Gasteiger partial charge in [0.25, 0.3) is 0 Å². The molecule has 0 saturated heterocycles. The van der Waals surface area contributed by atoms with Gasteiger partial charge in [0, 0.05) is 23.5 Å². The normalized spacial score (nSPS) is 16.6. The molecule has 11 heteroatoms. The van der Waals surface area contributed by atoms with Crippen LogP contribution in [0.3, 0.4) is 0 Å². The summed E-state index contributed by atoms with van der Waals surface area (Å²) >= 11 is 6.63. The van der Waals surface area contributed by atoms with Crippen LogP contribution in [0.25, 0.3) is 11.1 Å². The highest BCUT2D eigenvalue weighted by molar-refractivity contribution is 7.89. The molecule has 5 rings (SSSR count). The van der Waals surface area contributed by atoms with Crippen molar-refractivity contribution in [3.8, 4) is 16.9 Å². The van der Waals surface area contributed by atoms with Crippen molar-refractivity contribution in [3.63, 3.8) is 0 Å². The van der Waals surface area contributed by atoms with Crippen molar-refractivity contribution in [2.75, 3.05) is 12.8 Å². The summed E-state index contributed by atoms with van der Waals surface area (Å²) in [5.74, 6) is -0.639. The molecule has 2 aromatic carbocycles. The fraction of sp³-hybridized carbons (Fsp3) is 0.419. The maximum Gasteiger partial charge on any atom is 0.313 e. The lowest BCUT2D eigenvalue weighted by atomic mass is 9.91. The maximum atomic E-state index is 12.8. The van der Waals surface area contributed by atoms with Gasteiger partial charge in [0.05, 0.1) is 42.0 Å². The van der Waals surface area contributed by atoms with Crippen LogP contribution in [0.1, 0.15) is 74.5 Å². The molecule has 224 valence electrons. The number of pyridine rings is 1. The third-order valence-electron chi connectivity index (χ3n) is 7.86. The van der Waals surface area contributed by atoms with Gasteiger partial charge in [-0.1, -0.05) is 49.6 Å². The predicted molar refractivity (Wildman–Crippen MR) is 161 cm³/mol. The van der Waals surface area contributed by atoms with E-state index in [1.54, 1.807) is 12.3 Å². The number of aromatic nitrogens is 1. The van der Waals surface area contributed by atoms with Crippen molar-refractivity contribution >= 4 is 33.3 Å². The third-order valence-corrected chi connectivity index (χ3v) is 9.33. The minimum Gasteiger partial charge on any atom is -0.490 e. The van der Waals surface area contributed by atoms with Crippen molar-refractivity contribution < 1.29 is 27.4 Å². The quantitative estimate of drug-likeness (QED) is 0.181. The van der Waals surface area contributed by atoms with Gasteiger partial charge >= 0.3 is 5.97 Å². The maximum absolute atomic E-state index is 12.8. The minimum absolute atomic E-state index is 0.0206. The largest absolute Gasteiger partial charge is 0.490 e. The van der Waals surface area contributed by atoms with Gasteiger partial charge in [-0.05, 0) is 67.0 Å². The first kappa shape index (κ1) is 30.3. The van der Waals surface area contributed by atoms with Gasteiger partial charge in [-0.2, -0.15) is 0 Å². The number of hydrogen-bond donors (Lipinski definition) is 2. The molecular weight excluding hydrogens is 578 g/mol. The summed E-state index contributed by atoms with van der Waals surface area (Å²) in [7, 11) is -3.05. The topological polar surface area (TPSA) is 144 Å². The first-order valence-corrected chi connectivity index (χ1v) is 16.1.